The van der Waals surface area contributed by atoms with E-state index in [4.69, 9.17) is 0 Å². The van der Waals surface area contributed by atoms with Gasteiger partial charge in [-0.1, -0.05) is 13.3 Å². The number of hydrogen-bond donors (Lipinski definition) is 1. The second kappa shape index (κ2) is 6.39. The van der Waals surface area contributed by atoms with Crippen LogP contribution in [0.5, 0.6) is 0 Å². The zero-order chi connectivity index (χ0) is 14.7. The minimum absolute atomic E-state index is 0.184. The third-order valence-electron chi connectivity index (χ3n) is 3.41. The van der Waals surface area contributed by atoms with Gasteiger partial charge in [0.25, 0.3) is 5.56 Å². The van der Waals surface area contributed by atoms with Crippen LogP contribution in [0.1, 0.15) is 26.2 Å². The van der Waals surface area contributed by atoms with Crippen LogP contribution in [0.4, 0.5) is 5.69 Å². The highest BCUT2D eigenvalue weighted by molar-refractivity contribution is 9.10. The molecule has 1 aromatic heterocycles. The van der Waals surface area contributed by atoms with E-state index >= 15 is 0 Å². The summed E-state index contributed by atoms with van der Waals surface area (Å²) in [6, 6.07) is 0.420. The largest absolute Gasteiger partial charge is 0.468 e. The second-order valence-electron chi connectivity index (χ2n) is 4.95. The third kappa shape index (κ3) is 3.39. The molecule has 1 aromatic rings. The first kappa shape index (κ1) is 15.0. The van der Waals surface area contributed by atoms with Crippen molar-refractivity contribution < 1.29 is 9.53 Å². The van der Waals surface area contributed by atoms with Crippen LogP contribution in [-0.2, 0) is 16.1 Å². The molecular weight excluding hydrogens is 326 g/mol. The lowest BCUT2D eigenvalue weighted by Crippen LogP contribution is -2.28. The van der Waals surface area contributed by atoms with Crippen LogP contribution in [0.25, 0.3) is 0 Å². The molecule has 1 fully saturated rings. The van der Waals surface area contributed by atoms with E-state index in [0.717, 1.165) is 11.1 Å². The second-order valence-corrected chi connectivity index (χ2v) is 5.74. The van der Waals surface area contributed by atoms with E-state index in [1.807, 2.05) is 0 Å². The van der Waals surface area contributed by atoms with Crippen molar-refractivity contribution in [2.45, 2.75) is 38.8 Å². The zero-order valence-corrected chi connectivity index (χ0v) is 13.1. The van der Waals surface area contributed by atoms with Crippen LogP contribution >= 0.6 is 15.9 Å². The number of hydrogen-bond acceptors (Lipinski definition) is 5. The number of carbonyl (C=O) groups excluding carboxylic acids is 1. The summed E-state index contributed by atoms with van der Waals surface area (Å²) < 4.78 is 6.01. The monoisotopic (exact) mass is 343 g/mol. The molecular formula is C13H18BrN3O3. The summed E-state index contributed by atoms with van der Waals surface area (Å²) in [5.41, 5.74) is 0.341. The topological polar surface area (TPSA) is 73.2 Å². The molecule has 20 heavy (non-hydrogen) atoms. The van der Waals surface area contributed by atoms with E-state index in [1.165, 1.54) is 20.0 Å². The van der Waals surface area contributed by atoms with Gasteiger partial charge in [0.15, 0.2) is 0 Å². The van der Waals surface area contributed by atoms with Crippen LogP contribution in [0.3, 0.4) is 0 Å². The van der Waals surface area contributed by atoms with Crippen molar-refractivity contribution in [1.82, 2.24) is 9.78 Å². The number of nitrogens with zero attached hydrogens (tertiary/aromatic N) is 2. The van der Waals surface area contributed by atoms with Crippen molar-refractivity contribution >= 4 is 27.6 Å². The summed E-state index contributed by atoms with van der Waals surface area (Å²) in [6.07, 6.45) is 5.06. The summed E-state index contributed by atoms with van der Waals surface area (Å²) in [7, 11) is 1.28. The summed E-state index contributed by atoms with van der Waals surface area (Å²) in [6.45, 7) is 1.98. The predicted molar refractivity (Wildman–Crippen MR) is 78.6 cm³/mol. The summed E-state index contributed by atoms with van der Waals surface area (Å²) in [5.74, 6) is 0.182. The van der Waals surface area contributed by atoms with Crippen molar-refractivity contribution in [3.8, 4) is 0 Å². The number of anilines is 1. The molecule has 110 valence electrons. The highest BCUT2D eigenvalue weighted by atomic mass is 79.9. The minimum atomic E-state index is -0.502. The molecule has 0 spiro atoms. The molecule has 0 bridgehead atoms. The molecule has 7 heteroatoms. The molecule has 2 atom stereocenters. The SMILES string of the molecule is CCCC1CC1Nc1cnn(CC(=O)OC)c(=O)c1Br. The van der Waals surface area contributed by atoms with Crippen molar-refractivity contribution in [3.63, 3.8) is 0 Å². The van der Waals surface area contributed by atoms with E-state index in [1.54, 1.807) is 6.20 Å². The Hall–Kier alpha value is -1.37. The van der Waals surface area contributed by atoms with Crippen LogP contribution in [0, 0.1) is 5.92 Å². The van der Waals surface area contributed by atoms with Gasteiger partial charge < -0.3 is 10.1 Å². The maximum Gasteiger partial charge on any atom is 0.327 e. The Morgan fingerprint density at radius 1 is 1.65 bits per heavy atom. The highest BCUT2D eigenvalue weighted by Gasteiger charge is 2.36. The molecule has 1 saturated carbocycles. The molecule has 0 radical (unpaired) electrons. The summed E-state index contributed by atoms with van der Waals surface area (Å²) in [5, 5.41) is 7.31. The van der Waals surface area contributed by atoms with Gasteiger partial charge in [0.1, 0.15) is 11.0 Å². The van der Waals surface area contributed by atoms with Crippen molar-refractivity contribution in [1.29, 1.82) is 0 Å². The van der Waals surface area contributed by atoms with Gasteiger partial charge in [-0.05, 0) is 34.7 Å². The number of ether oxygens (including phenoxy) is 1. The quantitative estimate of drug-likeness (QED) is 0.797. The van der Waals surface area contributed by atoms with E-state index < -0.39 is 5.97 Å². The standard InChI is InChI=1S/C13H18BrN3O3/c1-3-4-8-5-9(8)16-10-6-15-17(7-11(18)20-2)13(19)12(10)14/h6,8-9,16H,3-5,7H2,1-2H3. The Balaban J connectivity index is 2.07. The minimum Gasteiger partial charge on any atom is -0.468 e. The van der Waals surface area contributed by atoms with Gasteiger partial charge in [0, 0.05) is 6.04 Å². The Labute approximate surface area is 125 Å². The van der Waals surface area contributed by atoms with Crippen molar-refractivity contribution in [2.24, 2.45) is 5.92 Å². The molecule has 0 aliphatic heterocycles. The Morgan fingerprint density at radius 2 is 2.40 bits per heavy atom. The first-order valence-corrected chi connectivity index (χ1v) is 7.45. The molecule has 2 unspecified atom stereocenters. The lowest BCUT2D eigenvalue weighted by Gasteiger charge is -2.09. The fourth-order valence-corrected chi connectivity index (χ4v) is 2.60. The van der Waals surface area contributed by atoms with Crippen LogP contribution in [-0.4, -0.2) is 28.9 Å². The lowest BCUT2D eigenvalue weighted by molar-refractivity contribution is -0.141. The van der Waals surface area contributed by atoms with E-state index in [9.17, 15) is 9.59 Å². The number of aromatic nitrogens is 2. The fraction of sp³-hybridized carbons (Fsp3) is 0.615. The third-order valence-corrected chi connectivity index (χ3v) is 4.18. The lowest BCUT2D eigenvalue weighted by atomic mass is 10.2. The maximum absolute atomic E-state index is 12.1. The summed E-state index contributed by atoms with van der Waals surface area (Å²) >= 11 is 3.27. The Morgan fingerprint density at radius 3 is 3.05 bits per heavy atom. The van der Waals surface area contributed by atoms with Gasteiger partial charge in [0.05, 0.1) is 19.0 Å². The van der Waals surface area contributed by atoms with Gasteiger partial charge in [-0.3, -0.25) is 9.59 Å². The number of esters is 1. The number of halogens is 1. The maximum atomic E-state index is 12.1. The number of carbonyl (C=O) groups is 1. The van der Waals surface area contributed by atoms with Gasteiger partial charge in [-0.15, -0.1) is 0 Å². The average molecular weight is 344 g/mol. The summed E-state index contributed by atoms with van der Waals surface area (Å²) in [4.78, 5) is 23.2. The van der Waals surface area contributed by atoms with Crippen molar-refractivity contribution in [3.05, 3.63) is 21.0 Å². The van der Waals surface area contributed by atoms with Gasteiger partial charge in [0.2, 0.25) is 0 Å². The zero-order valence-electron chi connectivity index (χ0n) is 11.6. The number of rotatable bonds is 6. The molecule has 1 N–H and O–H groups in total. The molecule has 1 heterocycles. The van der Waals surface area contributed by atoms with E-state index in [2.05, 4.69) is 38.0 Å². The predicted octanol–water partition coefficient (Wildman–Crippen LogP) is 1.78. The van der Waals surface area contributed by atoms with E-state index in [-0.39, 0.29) is 12.1 Å². The smallest absolute Gasteiger partial charge is 0.327 e. The molecule has 0 amide bonds. The number of methoxy groups -OCH3 is 1. The molecule has 0 aromatic carbocycles. The molecule has 6 nitrogen and oxygen atoms in total. The van der Waals surface area contributed by atoms with Gasteiger partial charge >= 0.3 is 5.97 Å². The van der Waals surface area contributed by atoms with Crippen LogP contribution < -0.4 is 10.9 Å². The first-order valence-electron chi connectivity index (χ1n) is 6.65. The van der Waals surface area contributed by atoms with Crippen LogP contribution in [0.15, 0.2) is 15.5 Å². The molecule has 1 aliphatic carbocycles. The Bertz CT molecular complexity index is 558. The van der Waals surface area contributed by atoms with E-state index in [0.29, 0.717) is 22.1 Å². The average Bonchev–Trinajstić information content (AvgIpc) is 3.16. The first-order chi connectivity index (χ1) is 9.56. The van der Waals surface area contributed by atoms with Gasteiger partial charge in [-0.25, -0.2) is 4.68 Å². The fourth-order valence-electron chi connectivity index (χ4n) is 2.18. The van der Waals surface area contributed by atoms with Crippen molar-refractivity contribution in [2.75, 3.05) is 12.4 Å². The normalized spacial score (nSPS) is 20.6. The highest BCUT2D eigenvalue weighted by Crippen LogP contribution is 2.37. The molecule has 2 rings (SSSR count). The Kier molecular flexibility index (Phi) is 4.80. The van der Waals surface area contributed by atoms with Crippen LogP contribution in [0.2, 0.25) is 0 Å². The van der Waals surface area contributed by atoms with Gasteiger partial charge in [-0.2, -0.15) is 5.10 Å². The molecule has 1 aliphatic rings. The molecule has 0 saturated heterocycles. The number of nitrogens with one attached hydrogen (secondary N) is 1.